The van der Waals surface area contributed by atoms with Gasteiger partial charge in [0, 0.05) is 29.7 Å². The van der Waals surface area contributed by atoms with Gasteiger partial charge in [0.15, 0.2) is 0 Å². The summed E-state index contributed by atoms with van der Waals surface area (Å²) in [5.74, 6) is 0.694. The van der Waals surface area contributed by atoms with E-state index in [1.807, 2.05) is 41.3 Å². The Kier molecular flexibility index (Phi) is 5.28. The molecule has 4 rings (SSSR count). The lowest BCUT2D eigenvalue weighted by molar-refractivity contribution is 0.0730. The number of hydrogen-bond acceptors (Lipinski definition) is 2. The zero-order valence-corrected chi connectivity index (χ0v) is 15.7. The largest absolute Gasteiger partial charge is 0.331 e. The minimum atomic E-state index is 0.126. The first kappa shape index (κ1) is 17.6. The number of carbonyl (C=O) groups is 1. The molecule has 0 radical (unpaired) electrons. The second-order valence-electron chi connectivity index (χ2n) is 7.46. The first-order chi connectivity index (χ1) is 12.7. The normalized spacial score (nSPS) is 20.0. The van der Waals surface area contributed by atoms with E-state index in [2.05, 4.69) is 17.4 Å². The maximum atomic E-state index is 13.1. The van der Waals surface area contributed by atoms with Crippen molar-refractivity contribution in [2.75, 3.05) is 13.1 Å². The molecular formula is C22H25ClN2O. The van der Waals surface area contributed by atoms with Crippen LogP contribution in [0.2, 0.25) is 5.02 Å². The maximum absolute atomic E-state index is 13.1. The van der Waals surface area contributed by atoms with E-state index in [9.17, 15) is 4.79 Å². The third-order valence-corrected chi connectivity index (χ3v) is 5.65. The summed E-state index contributed by atoms with van der Waals surface area (Å²) in [6.45, 7) is 2.78. The minimum Gasteiger partial charge on any atom is -0.331 e. The summed E-state index contributed by atoms with van der Waals surface area (Å²) in [6, 6.07) is 16.4. The number of amides is 1. The molecule has 0 aromatic heterocycles. The topological polar surface area (TPSA) is 32.3 Å². The van der Waals surface area contributed by atoms with E-state index in [1.54, 1.807) is 0 Å². The van der Waals surface area contributed by atoms with Crippen molar-refractivity contribution in [3.8, 4) is 0 Å². The Morgan fingerprint density at radius 1 is 1.12 bits per heavy atom. The summed E-state index contributed by atoms with van der Waals surface area (Å²) in [6.07, 6.45) is 4.64. The minimum absolute atomic E-state index is 0.126. The van der Waals surface area contributed by atoms with Gasteiger partial charge in [-0.3, -0.25) is 4.79 Å². The van der Waals surface area contributed by atoms with E-state index in [0.29, 0.717) is 18.5 Å². The van der Waals surface area contributed by atoms with Gasteiger partial charge in [0.05, 0.1) is 0 Å². The highest BCUT2D eigenvalue weighted by Crippen LogP contribution is 2.31. The van der Waals surface area contributed by atoms with Gasteiger partial charge in [-0.1, -0.05) is 35.9 Å². The van der Waals surface area contributed by atoms with Crippen molar-refractivity contribution in [1.29, 1.82) is 0 Å². The molecule has 0 bridgehead atoms. The van der Waals surface area contributed by atoms with Crippen LogP contribution in [0, 0.1) is 0 Å². The Bertz CT molecular complexity index is 764. The number of rotatable bonds is 5. The molecule has 1 N–H and O–H groups in total. The van der Waals surface area contributed by atoms with Gasteiger partial charge in [-0.15, -0.1) is 0 Å². The molecule has 136 valence electrons. The molecule has 2 aromatic carbocycles. The van der Waals surface area contributed by atoms with Crippen LogP contribution in [-0.4, -0.2) is 29.9 Å². The van der Waals surface area contributed by atoms with E-state index in [-0.39, 0.29) is 5.91 Å². The Hall–Kier alpha value is -1.84. The van der Waals surface area contributed by atoms with E-state index in [0.717, 1.165) is 42.1 Å². The standard InChI is InChI=1S/C22H25ClN2O/c23-20-5-1-3-16(13-20)15-25(21-10-11-21)22(26)18-8-6-17(7-9-18)19-4-2-12-24-14-19/h1,3,5-9,13,19,21,24H,2,4,10-12,14-15H2/t19-/m0/s1. The number of halogens is 1. The first-order valence-electron chi connectivity index (χ1n) is 9.57. The molecule has 26 heavy (non-hydrogen) atoms. The van der Waals surface area contributed by atoms with Gasteiger partial charge in [-0.05, 0) is 73.5 Å². The van der Waals surface area contributed by atoms with Gasteiger partial charge in [0.25, 0.3) is 5.91 Å². The molecule has 1 atom stereocenters. The summed E-state index contributed by atoms with van der Waals surface area (Å²) >= 11 is 6.10. The Morgan fingerprint density at radius 2 is 1.92 bits per heavy atom. The van der Waals surface area contributed by atoms with Crippen molar-refractivity contribution in [3.05, 3.63) is 70.2 Å². The third kappa shape index (κ3) is 4.11. The van der Waals surface area contributed by atoms with Gasteiger partial charge < -0.3 is 10.2 Å². The van der Waals surface area contributed by atoms with Gasteiger partial charge in [-0.2, -0.15) is 0 Å². The third-order valence-electron chi connectivity index (χ3n) is 5.42. The Balaban J connectivity index is 1.49. The fourth-order valence-electron chi connectivity index (χ4n) is 3.78. The van der Waals surface area contributed by atoms with Crippen LogP contribution in [0.4, 0.5) is 0 Å². The molecule has 2 aromatic rings. The zero-order valence-electron chi connectivity index (χ0n) is 15.0. The molecule has 1 aliphatic heterocycles. The number of nitrogens with one attached hydrogen (secondary N) is 1. The average Bonchev–Trinajstić information content (AvgIpc) is 3.52. The van der Waals surface area contributed by atoms with Crippen molar-refractivity contribution in [2.24, 2.45) is 0 Å². The number of piperidine rings is 1. The molecule has 1 heterocycles. The van der Waals surface area contributed by atoms with Crippen LogP contribution in [0.3, 0.4) is 0 Å². The van der Waals surface area contributed by atoms with Crippen LogP contribution in [0.25, 0.3) is 0 Å². The highest BCUT2D eigenvalue weighted by atomic mass is 35.5. The molecule has 3 nitrogen and oxygen atoms in total. The highest BCUT2D eigenvalue weighted by molar-refractivity contribution is 6.30. The van der Waals surface area contributed by atoms with Crippen LogP contribution in [0.1, 0.15) is 53.1 Å². The second kappa shape index (κ2) is 7.81. The molecule has 4 heteroatoms. The number of hydrogen-bond donors (Lipinski definition) is 1. The molecule has 1 saturated heterocycles. The van der Waals surface area contributed by atoms with Crippen LogP contribution in [0.5, 0.6) is 0 Å². The van der Waals surface area contributed by atoms with E-state index >= 15 is 0 Å². The monoisotopic (exact) mass is 368 g/mol. The Labute approximate surface area is 160 Å². The maximum Gasteiger partial charge on any atom is 0.254 e. The lowest BCUT2D eigenvalue weighted by Crippen LogP contribution is -2.32. The van der Waals surface area contributed by atoms with Crippen LogP contribution in [0.15, 0.2) is 48.5 Å². The SMILES string of the molecule is O=C(c1ccc([C@H]2CCCNC2)cc1)N(Cc1cccc(Cl)c1)C1CC1. The molecule has 1 aliphatic carbocycles. The van der Waals surface area contributed by atoms with Crippen molar-refractivity contribution in [3.63, 3.8) is 0 Å². The Morgan fingerprint density at radius 3 is 2.58 bits per heavy atom. The highest BCUT2D eigenvalue weighted by Gasteiger charge is 2.33. The molecule has 1 amide bonds. The quantitative estimate of drug-likeness (QED) is 0.835. The van der Waals surface area contributed by atoms with Crippen LogP contribution in [-0.2, 0) is 6.54 Å². The molecule has 1 saturated carbocycles. The van der Waals surface area contributed by atoms with Crippen molar-refractivity contribution in [2.45, 2.75) is 44.2 Å². The number of nitrogens with zero attached hydrogens (tertiary/aromatic N) is 1. The zero-order chi connectivity index (χ0) is 17.9. The van der Waals surface area contributed by atoms with Crippen molar-refractivity contribution < 1.29 is 4.79 Å². The lowest BCUT2D eigenvalue weighted by atomic mass is 9.91. The van der Waals surface area contributed by atoms with E-state index in [1.165, 1.54) is 18.4 Å². The second-order valence-corrected chi connectivity index (χ2v) is 7.90. The van der Waals surface area contributed by atoms with Gasteiger partial charge in [-0.25, -0.2) is 0 Å². The summed E-state index contributed by atoms with van der Waals surface area (Å²) in [4.78, 5) is 15.1. The first-order valence-corrected chi connectivity index (χ1v) is 9.94. The summed E-state index contributed by atoms with van der Waals surface area (Å²) in [5.41, 5.74) is 3.20. The van der Waals surface area contributed by atoms with Gasteiger partial charge >= 0.3 is 0 Å². The summed E-state index contributed by atoms with van der Waals surface area (Å²) in [5, 5.41) is 4.18. The van der Waals surface area contributed by atoms with Crippen LogP contribution >= 0.6 is 11.6 Å². The molecule has 2 fully saturated rings. The average molecular weight is 369 g/mol. The number of carbonyl (C=O) groups excluding carboxylic acids is 1. The number of benzene rings is 2. The smallest absolute Gasteiger partial charge is 0.254 e. The van der Waals surface area contributed by atoms with Crippen LogP contribution < -0.4 is 5.32 Å². The van der Waals surface area contributed by atoms with Crippen molar-refractivity contribution in [1.82, 2.24) is 10.2 Å². The molecule has 0 spiro atoms. The summed E-state index contributed by atoms with van der Waals surface area (Å²) in [7, 11) is 0. The lowest BCUT2D eigenvalue weighted by Gasteiger charge is -2.25. The molecule has 0 unspecified atom stereocenters. The van der Waals surface area contributed by atoms with Crippen molar-refractivity contribution >= 4 is 17.5 Å². The fourth-order valence-corrected chi connectivity index (χ4v) is 4.00. The summed E-state index contributed by atoms with van der Waals surface area (Å²) < 4.78 is 0. The predicted molar refractivity (Wildman–Crippen MR) is 106 cm³/mol. The van der Waals surface area contributed by atoms with E-state index < -0.39 is 0 Å². The van der Waals surface area contributed by atoms with Gasteiger partial charge in [0.1, 0.15) is 0 Å². The molecular weight excluding hydrogens is 344 g/mol. The predicted octanol–water partition coefficient (Wildman–Crippen LogP) is 4.61. The van der Waals surface area contributed by atoms with E-state index in [4.69, 9.17) is 11.6 Å². The van der Waals surface area contributed by atoms with Gasteiger partial charge in [0.2, 0.25) is 0 Å². The fraction of sp³-hybridized carbons (Fsp3) is 0.409. The molecule has 2 aliphatic rings.